The van der Waals surface area contributed by atoms with Gasteiger partial charge in [0.05, 0.1) is 12.1 Å². The fourth-order valence-electron chi connectivity index (χ4n) is 2.17. The molecule has 3 heteroatoms. The van der Waals surface area contributed by atoms with Crippen molar-refractivity contribution in [1.82, 2.24) is 5.48 Å². The summed E-state index contributed by atoms with van der Waals surface area (Å²) in [5, 5.41) is 2.13. The maximum Gasteiger partial charge on any atom is 0.0790 e. The Hall–Kier alpha value is -0.380. The van der Waals surface area contributed by atoms with Crippen molar-refractivity contribution < 1.29 is 4.84 Å². The van der Waals surface area contributed by atoms with E-state index in [9.17, 15) is 0 Å². The van der Waals surface area contributed by atoms with Crippen LogP contribution in [0, 0.1) is 5.92 Å². The minimum absolute atomic E-state index is 0.334. The predicted octanol–water partition coefficient (Wildman–Crippen LogP) is 3.91. The molecule has 0 aliphatic heterocycles. The van der Waals surface area contributed by atoms with Crippen LogP contribution in [0.15, 0.2) is 17.5 Å². The van der Waals surface area contributed by atoms with Gasteiger partial charge in [0.2, 0.25) is 0 Å². The maximum atomic E-state index is 5.81. The molecule has 1 N–H and O–H groups in total. The predicted molar refractivity (Wildman–Crippen MR) is 68.4 cm³/mol. The third-order valence-electron chi connectivity index (χ3n) is 3.18. The molecule has 1 aromatic heterocycles. The minimum atomic E-state index is 0.334. The normalized spacial score (nSPS) is 19.4. The van der Waals surface area contributed by atoms with Gasteiger partial charge in [-0.1, -0.05) is 32.8 Å². The van der Waals surface area contributed by atoms with Crippen molar-refractivity contribution in [3.63, 3.8) is 0 Å². The Bertz CT molecular complexity index is 291. The van der Waals surface area contributed by atoms with Gasteiger partial charge in [0.25, 0.3) is 0 Å². The molecular formula is C13H21NOS. The van der Waals surface area contributed by atoms with Crippen LogP contribution in [0.5, 0.6) is 0 Å². The molecule has 1 aliphatic rings. The first kappa shape index (κ1) is 12.1. The average Bonchev–Trinajstić information content (AvgIpc) is 2.88. The zero-order valence-electron chi connectivity index (χ0n) is 10.1. The fourth-order valence-corrected chi connectivity index (χ4v) is 3.10. The molecule has 0 aromatic carbocycles. The summed E-state index contributed by atoms with van der Waals surface area (Å²) in [6, 6.07) is 4.62. The first-order chi connectivity index (χ1) is 7.77. The smallest absolute Gasteiger partial charge is 0.0790 e. The van der Waals surface area contributed by atoms with Crippen LogP contribution in [0.4, 0.5) is 0 Å². The van der Waals surface area contributed by atoms with Crippen LogP contribution in [-0.2, 0) is 4.84 Å². The molecule has 0 saturated heterocycles. The topological polar surface area (TPSA) is 21.3 Å². The summed E-state index contributed by atoms with van der Waals surface area (Å²) in [5.41, 5.74) is 3.27. The van der Waals surface area contributed by atoms with Crippen molar-refractivity contribution in [2.75, 3.05) is 0 Å². The van der Waals surface area contributed by atoms with Crippen LogP contribution in [0.3, 0.4) is 0 Å². The Balaban J connectivity index is 1.88. The Morgan fingerprint density at radius 1 is 1.38 bits per heavy atom. The Morgan fingerprint density at radius 3 is 2.69 bits per heavy atom. The Kier molecular flexibility index (Phi) is 4.38. The number of hydroxylamine groups is 1. The van der Waals surface area contributed by atoms with Gasteiger partial charge in [-0.3, -0.25) is 4.84 Å². The lowest BCUT2D eigenvalue weighted by molar-refractivity contribution is -0.0482. The molecule has 1 aromatic rings. The van der Waals surface area contributed by atoms with Gasteiger partial charge in [-0.15, -0.1) is 11.3 Å². The molecule has 16 heavy (non-hydrogen) atoms. The first-order valence-corrected chi connectivity index (χ1v) is 7.10. The molecule has 0 spiro atoms. The summed E-state index contributed by atoms with van der Waals surface area (Å²) in [7, 11) is 0. The first-order valence-electron chi connectivity index (χ1n) is 6.22. The molecule has 1 saturated carbocycles. The molecule has 0 radical (unpaired) electrons. The highest BCUT2D eigenvalue weighted by Gasteiger charge is 2.21. The Labute approximate surface area is 102 Å². The van der Waals surface area contributed by atoms with Crippen LogP contribution < -0.4 is 5.48 Å². The molecular weight excluding hydrogens is 218 g/mol. The van der Waals surface area contributed by atoms with E-state index in [0.29, 0.717) is 18.1 Å². The van der Waals surface area contributed by atoms with Crippen molar-refractivity contribution in [2.24, 2.45) is 5.92 Å². The summed E-state index contributed by atoms with van der Waals surface area (Å²) in [4.78, 5) is 7.18. The molecule has 0 bridgehead atoms. The van der Waals surface area contributed by atoms with Gasteiger partial charge in [0, 0.05) is 4.88 Å². The van der Waals surface area contributed by atoms with Gasteiger partial charge in [0.15, 0.2) is 0 Å². The molecule has 1 fully saturated rings. The van der Waals surface area contributed by atoms with E-state index < -0.39 is 0 Å². The fraction of sp³-hybridized carbons (Fsp3) is 0.692. The third-order valence-corrected chi connectivity index (χ3v) is 4.14. The molecule has 1 aliphatic carbocycles. The monoisotopic (exact) mass is 239 g/mol. The number of rotatable bonds is 5. The van der Waals surface area contributed by atoms with Crippen LogP contribution in [0.1, 0.15) is 50.4 Å². The minimum Gasteiger partial charge on any atom is -0.298 e. The van der Waals surface area contributed by atoms with Gasteiger partial charge in [-0.05, 0) is 30.2 Å². The highest BCUT2D eigenvalue weighted by Crippen LogP contribution is 2.27. The van der Waals surface area contributed by atoms with E-state index in [1.807, 2.05) is 0 Å². The van der Waals surface area contributed by atoms with Crippen LogP contribution in [0.2, 0.25) is 0 Å². The van der Waals surface area contributed by atoms with Gasteiger partial charge < -0.3 is 0 Å². The van der Waals surface area contributed by atoms with E-state index in [1.54, 1.807) is 11.3 Å². The van der Waals surface area contributed by atoms with Crippen LogP contribution in [-0.4, -0.2) is 6.10 Å². The van der Waals surface area contributed by atoms with E-state index in [-0.39, 0.29) is 0 Å². The van der Waals surface area contributed by atoms with Crippen molar-refractivity contribution in [2.45, 2.75) is 51.7 Å². The van der Waals surface area contributed by atoms with Crippen molar-refractivity contribution >= 4 is 11.3 Å². The quantitative estimate of drug-likeness (QED) is 0.787. The molecule has 90 valence electrons. The lowest BCUT2D eigenvalue weighted by Gasteiger charge is -2.23. The number of thiophene rings is 1. The lowest BCUT2D eigenvalue weighted by Crippen LogP contribution is -2.29. The average molecular weight is 239 g/mol. The second kappa shape index (κ2) is 5.80. The maximum absolute atomic E-state index is 5.81. The second-order valence-electron chi connectivity index (χ2n) is 4.88. The zero-order chi connectivity index (χ0) is 11.4. The second-order valence-corrected chi connectivity index (χ2v) is 5.86. The molecule has 2 rings (SSSR count). The summed E-state index contributed by atoms with van der Waals surface area (Å²) < 4.78 is 0. The molecule has 1 unspecified atom stereocenters. The number of hydrogen-bond acceptors (Lipinski definition) is 3. The van der Waals surface area contributed by atoms with Crippen molar-refractivity contribution in [3.8, 4) is 0 Å². The van der Waals surface area contributed by atoms with Gasteiger partial charge in [-0.25, -0.2) is 0 Å². The SMILES string of the molecule is CC(C)C(NOC1CCCC1)c1cccs1. The summed E-state index contributed by atoms with van der Waals surface area (Å²) in [6.45, 7) is 4.46. The summed E-state index contributed by atoms with van der Waals surface area (Å²) in [6.07, 6.45) is 5.49. The third kappa shape index (κ3) is 3.06. The highest BCUT2D eigenvalue weighted by atomic mass is 32.1. The molecule has 2 nitrogen and oxygen atoms in total. The van der Waals surface area contributed by atoms with Gasteiger partial charge in [-0.2, -0.15) is 5.48 Å². The zero-order valence-corrected chi connectivity index (χ0v) is 10.9. The van der Waals surface area contributed by atoms with Crippen LogP contribution in [0.25, 0.3) is 0 Å². The molecule has 0 amide bonds. The van der Waals surface area contributed by atoms with Gasteiger partial charge in [0.1, 0.15) is 0 Å². The highest BCUT2D eigenvalue weighted by molar-refractivity contribution is 7.10. The molecule has 1 atom stereocenters. The largest absolute Gasteiger partial charge is 0.298 e. The van der Waals surface area contributed by atoms with E-state index in [4.69, 9.17) is 4.84 Å². The van der Waals surface area contributed by atoms with E-state index >= 15 is 0 Å². The molecule has 1 heterocycles. The van der Waals surface area contributed by atoms with Crippen molar-refractivity contribution in [3.05, 3.63) is 22.4 Å². The number of hydrogen-bond donors (Lipinski definition) is 1. The van der Waals surface area contributed by atoms with Crippen molar-refractivity contribution in [1.29, 1.82) is 0 Å². The van der Waals surface area contributed by atoms with E-state index in [0.717, 1.165) is 0 Å². The van der Waals surface area contributed by atoms with Crippen LogP contribution >= 0.6 is 11.3 Å². The summed E-state index contributed by atoms with van der Waals surface area (Å²) in [5.74, 6) is 0.556. The number of nitrogens with one attached hydrogen (secondary N) is 1. The Morgan fingerprint density at radius 2 is 2.12 bits per heavy atom. The van der Waals surface area contributed by atoms with E-state index in [1.165, 1.54) is 30.6 Å². The summed E-state index contributed by atoms with van der Waals surface area (Å²) >= 11 is 1.80. The lowest BCUT2D eigenvalue weighted by atomic mass is 10.0. The standard InChI is InChI=1S/C13H21NOS/c1-10(2)13(12-8-5-9-16-12)14-15-11-6-3-4-7-11/h5,8-11,13-14H,3-4,6-7H2,1-2H3. The van der Waals surface area contributed by atoms with E-state index in [2.05, 4.69) is 36.8 Å². The van der Waals surface area contributed by atoms with Gasteiger partial charge >= 0.3 is 0 Å².